The second kappa shape index (κ2) is 4.89. The van der Waals surface area contributed by atoms with E-state index >= 15 is 0 Å². The van der Waals surface area contributed by atoms with Crippen molar-refractivity contribution in [3.05, 3.63) is 0 Å². The molecule has 0 bridgehead atoms. The van der Waals surface area contributed by atoms with Gasteiger partial charge in [-0.05, 0) is 12.8 Å². The van der Waals surface area contributed by atoms with Gasteiger partial charge in [0, 0.05) is 18.8 Å². The van der Waals surface area contributed by atoms with Crippen LogP contribution in [0.2, 0.25) is 0 Å². The van der Waals surface area contributed by atoms with Crippen LogP contribution in [-0.2, 0) is 14.6 Å². The van der Waals surface area contributed by atoms with E-state index in [1.165, 1.54) is 6.92 Å². The molecule has 0 unspecified atom stereocenters. The summed E-state index contributed by atoms with van der Waals surface area (Å²) in [6.07, 6.45) is -4.16. The zero-order chi connectivity index (χ0) is 15.2. The summed E-state index contributed by atoms with van der Waals surface area (Å²) < 4.78 is 62.8. The molecule has 0 spiro atoms. The Morgan fingerprint density at radius 2 is 1.75 bits per heavy atom. The van der Waals surface area contributed by atoms with Crippen LogP contribution in [0.15, 0.2) is 0 Å². The first kappa shape index (κ1) is 15.6. The molecule has 1 aliphatic heterocycles. The maximum atomic E-state index is 13.2. The minimum Gasteiger partial charge on any atom is -0.339 e. The largest absolute Gasteiger partial charge is 0.403 e. The Morgan fingerprint density at radius 1 is 1.25 bits per heavy atom. The fraction of sp³-hybridized carbons (Fsp3) is 0.917. The van der Waals surface area contributed by atoms with E-state index in [1.807, 2.05) is 0 Å². The lowest BCUT2D eigenvalue weighted by molar-refractivity contribution is -0.227. The van der Waals surface area contributed by atoms with Gasteiger partial charge in [-0.25, -0.2) is 8.42 Å². The fourth-order valence-corrected chi connectivity index (χ4v) is 4.25. The Hall–Kier alpha value is -0.790. The van der Waals surface area contributed by atoms with Crippen molar-refractivity contribution in [3.63, 3.8) is 0 Å². The third kappa shape index (κ3) is 2.31. The quantitative estimate of drug-likeness (QED) is 0.798. The molecule has 0 aromatic carbocycles. The van der Waals surface area contributed by atoms with E-state index in [2.05, 4.69) is 0 Å². The molecule has 2 fully saturated rings. The average molecular weight is 313 g/mol. The first-order chi connectivity index (χ1) is 9.14. The second-order valence-corrected chi connectivity index (χ2v) is 8.14. The normalized spacial score (nSPS) is 23.7. The number of alkyl halides is 3. The topological polar surface area (TPSA) is 54.5 Å². The van der Waals surface area contributed by atoms with Crippen LogP contribution >= 0.6 is 0 Å². The molecule has 116 valence electrons. The number of amides is 1. The predicted molar refractivity (Wildman–Crippen MR) is 66.8 cm³/mol. The van der Waals surface area contributed by atoms with Crippen LogP contribution in [-0.4, -0.2) is 49.5 Å². The van der Waals surface area contributed by atoms with E-state index in [1.54, 1.807) is 0 Å². The maximum absolute atomic E-state index is 13.2. The van der Waals surface area contributed by atoms with Crippen molar-refractivity contribution in [1.29, 1.82) is 0 Å². The Bertz CT molecular complexity index is 489. The van der Waals surface area contributed by atoms with Crippen molar-refractivity contribution in [2.45, 2.75) is 44.0 Å². The number of halogens is 3. The number of hydrogen-bond acceptors (Lipinski definition) is 3. The van der Waals surface area contributed by atoms with E-state index in [9.17, 15) is 26.4 Å². The van der Waals surface area contributed by atoms with Crippen molar-refractivity contribution in [3.8, 4) is 0 Å². The highest BCUT2D eigenvalue weighted by Crippen LogP contribution is 2.52. The minimum atomic E-state index is -4.56. The highest BCUT2D eigenvalue weighted by atomic mass is 32.2. The highest BCUT2D eigenvalue weighted by Gasteiger charge is 2.63. The second-order valence-electron chi connectivity index (χ2n) is 5.57. The Labute approximate surface area is 116 Å². The summed E-state index contributed by atoms with van der Waals surface area (Å²) in [7, 11) is -3.28. The summed E-state index contributed by atoms with van der Waals surface area (Å²) >= 11 is 0. The van der Waals surface area contributed by atoms with Crippen LogP contribution in [0.1, 0.15) is 32.6 Å². The van der Waals surface area contributed by atoms with Gasteiger partial charge in [0.25, 0.3) is 0 Å². The number of carbonyl (C=O) groups excluding carboxylic acids is 1. The Kier molecular flexibility index (Phi) is 3.81. The van der Waals surface area contributed by atoms with Gasteiger partial charge in [-0.3, -0.25) is 4.79 Å². The van der Waals surface area contributed by atoms with E-state index < -0.39 is 32.6 Å². The van der Waals surface area contributed by atoms with Gasteiger partial charge in [-0.2, -0.15) is 13.2 Å². The van der Waals surface area contributed by atoms with Crippen molar-refractivity contribution in [1.82, 2.24) is 4.90 Å². The molecule has 0 aromatic heterocycles. The number of rotatable bonds is 3. The lowest BCUT2D eigenvalue weighted by Gasteiger charge is -2.43. The average Bonchev–Trinajstić information content (AvgIpc) is 2.75. The summed E-state index contributed by atoms with van der Waals surface area (Å²) in [6, 6.07) is 0. The first-order valence-corrected chi connectivity index (χ1v) is 8.43. The maximum Gasteiger partial charge on any atom is 0.403 e. The highest BCUT2D eigenvalue weighted by molar-refractivity contribution is 7.92. The molecule has 20 heavy (non-hydrogen) atoms. The Balaban J connectivity index is 2.10. The van der Waals surface area contributed by atoms with Crippen LogP contribution in [0, 0.1) is 5.41 Å². The molecule has 1 heterocycles. The monoisotopic (exact) mass is 313 g/mol. The number of likely N-dealkylation sites (tertiary alicyclic amines) is 1. The molecule has 1 saturated heterocycles. The number of sulfone groups is 1. The lowest BCUT2D eigenvalue weighted by atomic mass is 9.83. The molecule has 8 heteroatoms. The van der Waals surface area contributed by atoms with E-state index in [0.29, 0.717) is 12.8 Å². The van der Waals surface area contributed by atoms with Crippen molar-refractivity contribution < 1.29 is 26.4 Å². The summed E-state index contributed by atoms with van der Waals surface area (Å²) in [5.74, 6) is -0.991. The molecule has 2 rings (SSSR count). The van der Waals surface area contributed by atoms with E-state index in [4.69, 9.17) is 0 Å². The van der Waals surface area contributed by atoms with Crippen molar-refractivity contribution in [2.75, 3.05) is 18.8 Å². The number of hydrogen-bond donors (Lipinski definition) is 0. The standard InChI is InChI=1S/C12H18F3NO3S/c1-2-20(18,19)9-7-16(8-9)10(17)11(12(13,14)15)5-3-4-6-11/h9H,2-8H2,1H3. The SMILES string of the molecule is CCS(=O)(=O)C1CN(C(=O)C2(C(F)(F)F)CCCC2)C1. The van der Waals surface area contributed by atoms with Crippen molar-refractivity contribution in [2.24, 2.45) is 5.41 Å². The van der Waals surface area contributed by atoms with Gasteiger partial charge in [-0.15, -0.1) is 0 Å². The van der Waals surface area contributed by atoms with Gasteiger partial charge in [0.15, 0.2) is 9.84 Å². The molecule has 1 saturated carbocycles. The molecule has 1 amide bonds. The lowest BCUT2D eigenvalue weighted by Crippen LogP contribution is -2.62. The Morgan fingerprint density at radius 3 is 2.15 bits per heavy atom. The summed E-state index contributed by atoms with van der Waals surface area (Å²) in [4.78, 5) is 13.2. The molecule has 0 N–H and O–H groups in total. The molecule has 2 aliphatic rings. The van der Waals surface area contributed by atoms with Gasteiger partial charge in [0.2, 0.25) is 5.91 Å². The van der Waals surface area contributed by atoms with Gasteiger partial charge in [0.1, 0.15) is 5.41 Å². The van der Waals surface area contributed by atoms with Gasteiger partial charge in [0.05, 0.1) is 5.25 Å². The van der Waals surface area contributed by atoms with Crippen LogP contribution in [0.5, 0.6) is 0 Å². The van der Waals surface area contributed by atoms with Gasteiger partial charge in [-0.1, -0.05) is 19.8 Å². The molecule has 1 aliphatic carbocycles. The molecule has 0 radical (unpaired) electrons. The zero-order valence-corrected chi connectivity index (χ0v) is 12.1. The molecule has 4 nitrogen and oxygen atoms in total. The number of carbonyl (C=O) groups is 1. The minimum absolute atomic E-state index is 0.0515. The van der Waals surface area contributed by atoms with Crippen LogP contribution in [0.25, 0.3) is 0 Å². The smallest absolute Gasteiger partial charge is 0.339 e. The third-order valence-electron chi connectivity index (χ3n) is 4.45. The third-order valence-corrected chi connectivity index (χ3v) is 6.57. The first-order valence-electron chi connectivity index (χ1n) is 6.72. The van der Waals surface area contributed by atoms with E-state index in [0.717, 1.165) is 4.90 Å². The molecular formula is C12H18F3NO3S. The summed E-state index contributed by atoms with van der Waals surface area (Å²) in [5.41, 5.74) is -2.28. The van der Waals surface area contributed by atoms with E-state index in [-0.39, 0.29) is 31.7 Å². The van der Waals surface area contributed by atoms with Crippen molar-refractivity contribution >= 4 is 15.7 Å². The van der Waals surface area contributed by atoms with Crippen LogP contribution in [0.3, 0.4) is 0 Å². The molecule has 0 aromatic rings. The van der Waals surface area contributed by atoms with Crippen LogP contribution < -0.4 is 0 Å². The summed E-state index contributed by atoms with van der Waals surface area (Å²) in [5, 5.41) is -0.705. The van der Waals surface area contributed by atoms with Gasteiger partial charge < -0.3 is 4.90 Å². The zero-order valence-electron chi connectivity index (χ0n) is 11.2. The number of nitrogens with zero attached hydrogens (tertiary/aromatic N) is 1. The molecular weight excluding hydrogens is 295 g/mol. The predicted octanol–water partition coefficient (Wildman–Crippen LogP) is 1.75. The summed E-state index contributed by atoms with van der Waals surface area (Å²) in [6.45, 7) is 1.29. The van der Waals surface area contributed by atoms with Gasteiger partial charge >= 0.3 is 6.18 Å². The van der Waals surface area contributed by atoms with Crippen LogP contribution in [0.4, 0.5) is 13.2 Å². The fourth-order valence-electron chi connectivity index (χ4n) is 2.97. The molecule has 0 atom stereocenters.